The lowest BCUT2D eigenvalue weighted by atomic mass is 9.97. The highest BCUT2D eigenvalue weighted by molar-refractivity contribution is 6.30. The molecule has 0 aliphatic carbocycles. The summed E-state index contributed by atoms with van der Waals surface area (Å²) >= 11 is 6.18. The summed E-state index contributed by atoms with van der Waals surface area (Å²) in [6.45, 7) is 5.76. The number of carbonyl (C=O) groups is 2. The molecule has 0 radical (unpaired) electrons. The van der Waals surface area contributed by atoms with E-state index in [0.717, 1.165) is 11.1 Å². The van der Waals surface area contributed by atoms with Crippen molar-refractivity contribution >= 4 is 23.6 Å². The molecule has 2 N–H and O–H groups in total. The lowest BCUT2D eigenvalue weighted by Crippen LogP contribution is -2.44. The highest BCUT2D eigenvalue weighted by Gasteiger charge is 2.38. The number of carbonyl (C=O) groups excluding carboxylic acids is 2. The maximum atomic E-state index is 13.1. The second-order valence-electron chi connectivity index (χ2n) is 8.07. The minimum Gasteiger partial charge on any atom is -0.508 e. The van der Waals surface area contributed by atoms with E-state index in [0.29, 0.717) is 18.0 Å². The van der Waals surface area contributed by atoms with Crippen LogP contribution in [0.5, 0.6) is 5.75 Å². The number of phenols is 1. The number of hydrogen-bond acceptors (Lipinski definition) is 4. The third kappa shape index (κ3) is 5.21. The highest BCUT2D eigenvalue weighted by Crippen LogP contribution is 2.34. The standard InChI is InChI=1S/C22H25ClN2O4/c1-22(2,3)29-21(28)24-18-10-11-25(20(18)27)19(14-6-4-8-16(23)12-14)15-7-5-9-17(26)13-15/h4-9,12-13,18-19,26H,10-11H2,1-3H3,(H,24,28)/t18-,19?/m0/s1. The lowest BCUT2D eigenvalue weighted by Gasteiger charge is -2.29. The summed E-state index contributed by atoms with van der Waals surface area (Å²) in [7, 11) is 0. The van der Waals surface area contributed by atoms with E-state index in [-0.39, 0.29) is 11.7 Å². The van der Waals surface area contributed by atoms with E-state index < -0.39 is 23.8 Å². The van der Waals surface area contributed by atoms with Crippen LogP contribution >= 0.6 is 11.6 Å². The van der Waals surface area contributed by atoms with E-state index in [2.05, 4.69) is 5.32 Å². The van der Waals surface area contributed by atoms with Crippen LogP contribution in [-0.4, -0.2) is 40.2 Å². The fraction of sp³-hybridized carbons (Fsp3) is 0.364. The molecule has 2 aromatic rings. The Labute approximate surface area is 175 Å². The summed E-state index contributed by atoms with van der Waals surface area (Å²) in [6, 6.07) is 13.0. The van der Waals surface area contributed by atoms with Crippen LogP contribution in [0.1, 0.15) is 44.4 Å². The molecule has 1 aliphatic heterocycles. The van der Waals surface area contributed by atoms with Crippen LogP contribution in [0.2, 0.25) is 5.02 Å². The molecular weight excluding hydrogens is 392 g/mol. The molecule has 1 saturated heterocycles. The number of nitrogens with zero attached hydrogens (tertiary/aromatic N) is 1. The molecule has 2 aromatic carbocycles. The van der Waals surface area contributed by atoms with Gasteiger partial charge in [0, 0.05) is 11.6 Å². The Morgan fingerprint density at radius 1 is 1.21 bits per heavy atom. The van der Waals surface area contributed by atoms with Gasteiger partial charge in [-0.25, -0.2) is 4.79 Å². The van der Waals surface area contributed by atoms with Gasteiger partial charge in [0.1, 0.15) is 17.4 Å². The number of phenolic OH excluding ortho intramolecular Hbond substituents is 1. The molecule has 0 aromatic heterocycles. The van der Waals surface area contributed by atoms with Crippen molar-refractivity contribution in [2.24, 2.45) is 0 Å². The van der Waals surface area contributed by atoms with Crippen molar-refractivity contribution in [2.45, 2.75) is 44.9 Å². The number of nitrogens with one attached hydrogen (secondary N) is 1. The molecule has 3 rings (SSSR count). The molecule has 154 valence electrons. The molecule has 1 unspecified atom stereocenters. The highest BCUT2D eigenvalue weighted by atomic mass is 35.5. The van der Waals surface area contributed by atoms with E-state index >= 15 is 0 Å². The van der Waals surface area contributed by atoms with E-state index in [4.69, 9.17) is 16.3 Å². The van der Waals surface area contributed by atoms with Crippen LogP contribution in [0.15, 0.2) is 48.5 Å². The molecule has 2 amide bonds. The monoisotopic (exact) mass is 416 g/mol. The number of hydrogen-bond donors (Lipinski definition) is 2. The normalized spacial score (nSPS) is 17.9. The predicted molar refractivity (Wildman–Crippen MR) is 111 cm³/mol. The van der Waals surface area contributed by atoms with E-state index in [1.807, 2.05) is 18.2 Å². The summed E-state index contributed by atoms with van der Waals surface area (Å²) in [4.78, 5) is 26.9. The Bertz CT molecular complexity index is 864. The SMILES string of the molecule is CC(C)(C)OC(=O)N[C@H]1CCN(C(c2cccc(O)c2)c2cccc(Cl)c2)C1=O. The van der Waals surface area contributed by atoms with Gasteiger partial charge in [0.25, 0.3) is 0 Å². The van der Waals surface area contributed by atoms with Gasteiger partial charge in [0.15, 0.2) is 0 Å². The van der Waals surface area contributed by atoms with Gasteiger partial charge < -0.3 is 20.1 Å². The summed E-state index contributed by atoms with van der Waals surface area (Å²) in [5, 5.41) is 13.2. The molecule has 7 heteroatoms. The molecule has 1 heterocycles. The van der Waals surface area contributed by atoms with Gasteiger partial charge in [-0.3, -0.25) is 4.79 Å². The fourth-order valence-corrected chi connectivity index (χ4v) is 3.66. The third-order valence-electron chi connectivity index (χ3n) is 4.59. The molecule has 1 aliphatic rings. The zero-order valence-corrected chi connectivity index (χ0v) is 17.4. The fourth-order valence-electron chi connectivity index (χ4n) is 3.47. The minimum absolute atomic E-state index is 0.115. The average molecular weight is 417 g/mol. The molecule has 2 atom stereocenters. The Morgan fingerprint density at radius 3 is 2.48 bits per heavy atom. The maximum Gasteiger partial charge on any atom is 0.408 e. The van der Waals surface area contributed by atoms with Gasteiger partial charge >= 0.3 is 6.09 Å². The van der Waals surface area contributed by atoms with Crippen LogP contribution < -0.4 is 5.32 Å². The van der Waals surface area contributed by atoms with Crippen LogP contribution in [0, 0.1) is 0 Å². The average Bonchev–Trinajstić information content (AvgIpc) is 2.94. The zero-order valence-electron chi connectivity index (χ0n) is 16.7. The van der Waals surface area contributed by atoms with Crippen LogP contribution in [0.25, 0.3) is 0 Å². The van der Waals surface area contributed by atoms with Crippen molar-refractivity contribution in [2.75, 3.05) is 6.54 Å². The first-order valence-electron chi connectivity index (χ1n) is 9.48. The molecule has 1 fully saturated rings. The largest absolute Gasteiger partial charge is 0.508 e. The number of halogens is 1. The van der Waals surface area contributed by atoms with Gasteiger partial charge in [-0.2, -0.15) is 0 Å². The lowest BCUT2D eigenvalue weighted by molar-refractivity contribution is -0.130. The van der Waals surface area contributed by atoms with E-state index in [9.17, 15) is 14.7 Å². The first-order valence-corrected chi connectivity index (χ1v) is 9.86. The zero-order chi connectivity index (χ0) is 21.2. The maximum absolute atomic E-state index is 13.1. The second-order valence-corrected chi connectivity index (χ2v) is 8.51. The van der Waals surface area contributed by atoms with Crippen LogP contribution in [0.3, 0.4) is 0 Å². The smallest absolute Gasteiger partial charge is 0.408 e. The summed E-state index contributed by atoms with van der Waals surface area (Å²) in [5.74, 6) is -0.0891. The molecule has 0 saturated carbocycles. The van der Waals surface area contributed by atoms with Gasteiger partial charge in [0.2, 0.25) is 5.91 Å². The molecule has 0 bridgehead atoms. The number of benzene rings is 2. The van der Waals surface area contributed by atoms with Crippen LogP contribution in [-0.2, 0) is 9.53 Å². The summed E-state index contributed by atoms with van der Waals surface area (Å²) in [5.41, 5.74) is 0.948. The Morgan fingerprint density at radius 2 is 1.86 bits per heavy atom. The number of rotatable bonds is 4. The number of likely N-dealkylation sites (tertiary alicyclic amines) is 1. The van der Waals surface area contributed by atoms with Gasteiger partial charge in [0.05, 0.1) is 6.04 Å². The van der Waals surface area contributed by atoms with Crippen molar-refractivity contribution < 1.29 is 19.4 Å². The van der Waals surface area contributed by atoms with E-state index in [1.165, 1.54) is 0 Å². The number of amides is 2. The quantitative estimate of drug-likeness (QED) is 0.780. The van der Waals surface area contributed by atoms with Gasteiger partial charge in [-0.15, -0.1) is 0 Å². The van der Waals surface area contributed by atoms with Crippen molar-refractivity contribution in [1.29, 1.82) is 0 Å². The molecule has 29 heavy (non-hydrogen) atoms. The van der Waals surface area contributed by atoms with E-state index in [1.54, 1.807) is 56.0 Å². The number of alkyl carbamates (subject to hydrolysis) is 1. The van der Waals surface area contributed by atoms with Gasteiger partial charge in [-0.1, -0.05) is 35.9 Å². The third-order valence-corrected chi connectivity index (χ3v) is 4.83. The van der Waals surface area contributed by atoms with Gasteiger partial charge in [-0.05, 0) is 62.6 Å². The van der Waals surface area contributed by atoms with Crippen LogP contribution in [0.4, 0.5) is 4.79 Å². The second kappa shape index (κ2) is 8.33. The Hall–Kier alpha value is -2.73. The van der Waals surface area contributed by atoms with Crippen molar-refractivity contribution in [1.82, 2.24) is 10.2 Å². The minimum atomic E-state index is -0.663. The number of aromatic hydroxyl groups is 1. The summed E-state index contributed by atoms with van der Waals surface area (Å²) in [6.07, 6.45) is -0.150. The van der Waals surface area contributed by atoms with Crippen molar-refractivity contribution in [3.05, 3.63) is 64.7 Å². The Balaban J connectivity index is 1.87. The summed E-state index contributed by atoms with van der Waals surface area (Å²) < 4.78 is 5.27. The predicted octanol–water partition coefficient (Wildman–Crippen LogP) is 4.26. The molecular formula is C22H25ClN2O4. The van der Waals surface area contributed by atoms with Crippen molar-refractivity contribution in [3.8, 4) is 5.75 Å². The molecule has 6 nitrogen and oxygen atoms in total. The first-order chi connectivity index (χ1) is 13.6. The first kappa shape index (κ1) is 21.0. The molecule has 0 spiro atoms. The van der Waals surface area contributed by atoms with Crippen molar-refractivity contribution in [3.63, 3.8) is 0 Å². The Kier molecular flexibility index (Phi) is 6.03. The number of ether oxygens (including phenoxy) is 1. The topological polar surface area (TPSA) is 78.9 Å².